The number of nitrogens with one attached hydrogen (secondary N) is 3. The predicted octanol–water partition coefficient (Wildman–Crippen LogP) is 3.85. The number of nitrogens with zero attached hydrogens (tertiary/aromatic N) is 2. The number of ether oxygens (including phenoxy) is 1. The number of carbonyl (C=O) groups is 2. The molecule has 4 aromatic rings. The maximum absolute atomic E-state index is 13.3. The summed E-state index contributed by atoms with van der Waals surface area (Å²) in [5, 5.41) is 6.58. The highest BCUT2D eigenvalue weighted by atomic mass is 16.6. The molecule has 2 aromatic heterocycles. The van der Waals surface area contributed by atoms with Crippen molar-refractivity contribution in [2.24, 2.45) is 0 Å². The summed E-state index contributed by atoms with van der Waals surface area (Å²) in [6, 6.07) is 15.8. The molecular formula is C27H29N5O4. The number of aromatic nitrogens is 3. The van der Waals surface area contributed by atoms with Crippen LogP contribution in [0.4, 0.5) is 10.5 Å². The van der Waals surface area contributed by atoms with Gasteiger partial charge in [-0.15, -0.1) is 0 Å². The van der Waals surface area contributed by atoms with E-state index in [1.165, 1.54) is 10.8 Å². The van der Waals surface area contributed by atoms with Gasteiger partial charge in [0, 0.05) is 41.6 Å². The number of benzene rings is 2. The molecule has 0 saturated heterocycles. The van der Waals surface area contributed by atoms with E-state index in [2.05, 4.69) is 20.6 Å². The van der Waals surface area contributed by atoms with Crippen LogP contribution in [0.5, 0.6) is 0 Å². The van der Waals surface area contributed by atoms with E-state index in [0.29, 0.717) is 12.2 Å². The van der Waals surface area contributed by atoms with E-state index in [9.17, 15) is 14.4 Å². The summed E-state index contributed by atoms with van der Waals surface area (Å²) in [7, 11) is 0. The van der Waals surface area contributed by atoms with Crippen LogP contribution in [0.1, 0.15) is 31.9 Å². The molecule has 0 bridgehead atoms. The molecule has 0 aliphatic rings. The van der Waals surface area contributed by atoms with Crippen molar-refractivity contribution < 1.29 is 14.3 Å². The van der Waals surface area contributed by atoms with Gasteiger partial charge in [-0.3, -0.25) is 9.36 Å². The summed E-state index contributed by atoms with van der Waals surface area (Å²) in [6.45, 7) is 5.60. The van der Waals surface area contributed by atoms with Gasteiger partial charge in [0.25, 0.3) is 0 Å². The number of para-hydroxylation sites is 1. The molecular weight excluding hydrogens is 458 g/mol. The van der Waals surface area contributed by atoms with Gasteiger partial charge in [-0.05, 0) is 56.2 Å². The van der Waals surface area contributed by atoms with Crippen molar-refractivity contribution in [2.75, 3.05) is 5.32 Å². The lowest BCUT2D eigenvalue weighted by Crippen LogP contribution is -2.47. The molecule has 2 aromatic carbocycles. The molecule has 0 aliphatic heterocycles. The van der Waals surface area contributed by atoms with Crippen molar-refractivity contribution in [1.82, 2.24) is 19.9 Å². The highest BCUT2D eigenvalue weighted by Crippen LogP contribution is 2.20. The van der Waals surface area contributed by atoms with Crippen LogP contribution in [-0.4, -0.2) is 38.2 Å². The molecule has 0 aliphatic carbocycles. The first kappa shape index (κ1) is 24.7. The Labute approximate surface area is 208 Å². The number of rotatable bonds is 7. The van der Waals surface area contributed by atoms with Gasteiger partial charge in [0.1, 0.15) is 11.6 Å². The minimum Gasteiger partial charge on any atom is -0.444 e. The first-order chi connectivity index (χ1) is 17.2. The van der Waals surface area contributed by atoms with Crippen LogP contribution in [0.3, 0.4) is 0 Å². The number of aromatic amines is 1. The third-order valence-electron chi connectivity index (χ3n) is 5.44. The Hall–Kier alpha value is -4.40. The molecule has 4 rings (SSSR count). The minimum absolute atomic E-state index is 0.264. The van der Waals surface area contributed by atoms with Crippen molar-refractivity contribution in [1.29, 1.82) is 0 Å². The lowest BCUT2D eigenvalue weighted by Gasteiger charge is -2.23. The third-order valence-corrected chi connectivity index (χ3v) is 5.44. The van der Waals surface area contributed by atoms with E-state index in [4.69, 9.17) is 4.74 Å². The van der Waals surface area contributed by atoms with E-state index in [1.54, 1.807) is 51.2 Å². The van der Waals surface area contributed by atoms with Gasteiger partial charge in [-0.25, -0.2) is 14.6 Å². The molecule has 0 fully saturated rings. The maximum Gasteiger partial charge on any atom is 0.408 e. The van der Waals surface area contributed by atoms with Gasteiger partial charge in [0.05, 0.1) is 6.54 Å². The Kier molecular flexibility index (Phi) is 7.19. The van der Waals surface area contributed by atoms with E-state index >= 15 is 0 Å². The van der Waals surface area contributed by atoms with Gasteiger partial charge in [0.2, 0.25) is 5.91 Å². The lowest BCUT2D eigenvalue weighted by molar-refractivity contribution is -0.118. The van der Waals surface area contributed by atoms with E-state index in [0.717, 1.165) is 22.0 Å². The predicted molar refractivity (Wildman–Crippen MR) is 138 cm³/mol. The van der Waals surface area contributed by atoms with Crippen LogP contribution >= 0.6 is 0 Å². The van der Waals surface area contributed by atoms with E-state index < -0.39 is 17.7 Å². The quantitative estimate of drug-likeness (QED) is 0.366. The molecule has 0 radical (unpaired) electrons. The van der Waals surface area contributed by atoms with Gasteiger partial charge in [-0.1, -0.05) is 30.3 Å². The summed E-state index contributed by atoms with van der Waals surface area (Å²) in [4.78, 5) is 44.8. The SMILES string of the molecule is CC(C)(C)OC(=O)N[C@@H](Cc1c[nH]c2ccccc12)C(=O)Nc1cccc(Cn2cccnc2=O)c1. The van der Waals surface area contributed by atoms with E-state index in [1.807, 2.05) is 36.5 Å². The molecule has 1 atom stereocenters. The molecule has 9 nitrogen and oxygen atoms in total. The molecule has 2 heterocycles. The molecule has 2 amide bonds. The Morgan fingerprint density at radius 1 is 1.11 bits per heavy atom. The van der Waals surface area contributed by atoms with Crippen molar-refractivity contribution in [3.8, 4) is 0 Å². The van der Waals surface area contributed by atoms with Crippen molar-refractivity contribution in [3.63, 3.8) is 0 Å². The van der Waals surface area contributed by atoms with Crippen LogP contribution in [0, 0.1) is 0 Å². The topological polar surface area (TPSA) is 118 Å². The summed E-state index contributed by atoms with van der Waals surface area (Å²) >= 11 is 0. The van der Waals surface area contributed by atoms with Crippen LogP contribution < -0.4 is 16.3 Å². The largest absolute Gasteiger partial charge is 0.444 e. The van der Waals surface area contributed by atoms with Gasteiger partial charge in [0.15, 0.2) is 0 Å². The van der Waals surface area contributed by atoms with Crippen molar-refractivity contribution in [3.05, 3.63) is 94.8 Å². The lowest BCUT2D eigenvalue weighted by atomic mass is 10.0. The number of hydrogen-bond acceptors (Lipinski definition) is 5. The zero-order valence-corrected chi connectivity index (χ0v) is 20.4. The average Bonchev–Trinajstić information content (AvgIpc) is 3.22. The number of alkyl carbamates (subject to hydrolysis) is 1. The second-order valence-electron chi connectivity index (χ2n) is 9.48. The number of carbonyl (C=O) groups excluding carboxylic acids is 2. The molecule has 3 N–H and O–H groups in total. The zero-order chi connectivity index (χ0) is 25.7. The summed E-state index contributed by atoms with van der Waals surface area (Å²) in [6.07, 6.45) is 4.53. The van der Waals surface area contributed by atoms with Gasteiger partial charge >= 0.3 is 11.8 Å². The molecule has 0 spiro atoms. The highest BCUT2D eigenvalue weighted by Gasteiger charge is 2.26. The Bertz CT molecular complexity index is 1430. The maximum atomic E-state index is 13.3. The van der Waals surface area contributed by atoms with Crippen molar-refractivity contribution in [2.45, 2.75) is 45.4 Å². The number of H-pyrrole nitrogens is 1. The second-order valence-corrected chi connectivity index (χ2v) is 9.48. The molecule has 0 unspecified atom stereocenters. The third kappa shape index (κ3) is 6.38. The normalized spacial score (nSPS) is 12.2. The molecule has 9 heteroatoms. The first-order valence-electron chi connectivity index (χ1n) is 11.6. The number of amides is 2. The van der Waals surface area contributed by atoms with Gasteiger partial charge < -0.3 is 20.4 Å². The van der Waals surface area contributed by atoms with E-state index in [-0.39, 0.29) is 18.0 Å². The second kappa shape index (κ2) is 10.5. The number of anilines is 1. The fourth-order valence-corrected chi connectivity index (χ4v) is 3.86. The number of hydrogen-bond donors (Lipinski definition) is 3. The number of fused-ring (bicyclic) bond motifs is 1. The monoisotopic (exact) mass is 487 g/mol. The van der Waals surface area contributed by atoms with Crippen molar-refractivity contribution >= 4 is 28.6 Å². The molecule has 186 valence electrons. The Morgan fingerprint density at radius 3 is 2.69 bits per heavy atom. The summed E-state index contributed by atoms with van der Waals surface area (Å²) < 4.78 is 6.87. The smallest absolute Gasteiger partial charge is 0.408 e. The summed E-state index contributed by atoms with van der Waals surface area (Å²) in [5.74, 6) is -0.387. The summed E-state index contributed by atoms with van der Waals surface area (Å²) in [5.41, 5.74) is 2.14. The minimum atomic E-state index is -0.886. The Morgan fingerprint density at radius 2 is 1.92 bits per heavy atom. The standard InChI is InChI=1S/C27H29N5O4/c1-27(2,3)36-26(35)31-23(15-19-16-29-22-11-5-4-10-21(19)22)24(33)30-20-9-6-8-18(14-20)17-32-13-7-12-28-25(32)34/h4-14,16,23,29H,15,17H2,1-3H3,(H,30,33)(H,31,35)/t23-/m0/s1. The molecule has 36 heavy (non-hydrogen) atoms. The van der Waals surface area contributed by atoms with Crippen LogP contribution in [0.25, 0.3) is 10.9 Å². The van der Waals surface area contributed by atoms with Crippen LogP contribution in [0.15, 0.2) is 78.0 Å². The zero-order valence-electron chi connectivity index (χ0n) is 20.4. The van der Waals surface area contributed by atoms with Crippen LogP contribution in [-0.2, 0) is 22.5 Å². The average molecular weight is 488 g/mol. The highest BCUT2D eigenvalue weighted by molar-refractivity contribution is 5.97. The van der Waals surface area contributed by atoms with Gasteiger partial charge in [-0.2, -0.15) is 0 Å². The fraction of sp³-hybridized carbons (Fsp3) is 0.259. The molecule has 0 saturated carbocycles. The van der Waals surface area contributed by atoms with Crippen LogP contribution in [0.2, 0.25) is 0 Å². The Balaban J connectivity index is 1.54. The first-order valence-corrected chi connectivity index (χ1v) is 11.6. The fourth-order valence-electron chi connectivity index (χ4n) is 3.86.